The van der Waals surface area contributed by atoms with Gasteiger partial charge in [-0.1, -0.05) is 78.9 Å². The molecular formula is C34H31N3O3S. The van der Waals surface area contributed by atoms with E-state index in [-0.39, 0.29) is 17.3 Å². The zero-order valence-electron chi connectivity index (χ0n) is 22.6. The van der Waals surface area contributed by atoms with Gasteiger partial charge in [0, 0.05) is 37.4 Å². The van der Waals surface area contributed by atoms with Gasteiger partial charge >= 0.3 is 0 Å². The van der Waals surface area contributed by atoms with Crippen LogP contribution in [0.25, 0.3) is 10.8 Å². The van der Waals surface area contributed by atoms with Crippen LogP contribution in [-0.4, -0.2) is 45.4 Å². The minimum Gasteiger partial charge on any atom is -0.368 e. The van der Waals surface area contributed by atoms with Gasteiger partial charge in [-0.25, -0.2) is 8.42 Å². The number of rotatable bonds is 7. The Morgan fingerprint density at radius 1 is 0.659 bits per heavy atom. The molecule has 5 aromatic carbocycles. The second kappa shape index (κ2) is 11.5. The highest BCUT2D eigenvalue weighted by molar-refractivity contribution is 7.92. The van der Waals surface area contributed by atoms with E-state index < -0.39 is 10.0 Å². The number of nitrogens with zero attached hydrogens (tertiary/aromatic N) is 3. The first-order chi connectivity index (χ1) is 20.0. The molecule has 0 spiro atoms. The van der Waals surface area contributed by atoms with Crippen LogP contribution in [0.1, 0.15) is 15.9 Å². The molecule has 206 valence electrons. The zero-order valence-corrected chi connectivity index (χ0v) is 23.5. The first kappa shape index (κ1) is 26.6. The van der Waals surface area contributed by atoms with Crippen LogP contribution >= 0.6 is 0 Å². The summed E-state index contributed by atoms with van der Waals surface area (Å²) in [5.41, 5.74) is 3.08. The van der Waals surface area contributed by atoms with Gasteiger partial charge in [-0.05, 0) is 64.9 Å². The summed E-state index contributed by atoms with van der Waals surface area (Å²) in [6.07, 6.45) is 0. The summed E-state index contributed by atoms with van der Waals surface area (Å²) < 4.78 is 29.5. The Hall–Kier alpha value is -4.62. The molecule has 1 saturated heterocycles. The summed E-state index contributed by atoms with van der Waals surface area (Å²) in [5.74, 6) is -0.0451. The summed E-state index contributed by atoms with van der Waals surface area (Å²) in [5, 5.41) is 1.84. The monoisotopic (exact) mass is 561 g/mol. The topological polar surface area (TPSA) is 60.9 Å². The lowest BCUT2D eigenvalue weighted by Crippen LogP contribution is -2.48. The number of piperazine rings is 1. The van der Waals surface area contributed by atoms with Crippen molar-refractivity contribution < 1.29 is 13.2 Å². The highest BCUT2D eigenvalue weighted by Crippen LogP contribution is 2.29. The molecule has 41 heavy (non-hydrogen) atoms. The Kier molecular flexibility index (Phi) is 7.44. The van der Waals surface area contributed by atoms with E-state index in [2.05, 4.69) is 17.0 Å². The van der Waals surface area contributed by atoms with Gasteiger partial charge in [-0.15, -0.1) is 0 Å². The number of fused-ring (bicyclic) bond motifs is 1. The van der Waals surface area contributed by atoms with E-state index >= 15 is 0 Å². The highest BCUT2D eigenvalue weighted by atomic mass is 32.2. The molecule has 6 nitrogen and oxygen atoms in total. The number of carbonyl (C=O) groups is 1. The summed E-state index contributed by atoms with van der Waals surface area (Å²) >= 11 is 0. The average Bonchev–Trinajstić information content (AvgIpc) is 3.04. The number of hydrogen-bond acceptors (Lipinski definition) is 4. The molecule has 7 heteroatoms. The first-order valence-corrected chi connectivity index (χ1v) is 15.2. The average molecular weight is 562 g/mol. The van der Waals surface area contributed by atoms with Crippen molar-refractivity contribution in [2.75, 3.05) is 35.4 Å². The van der Waals surface area contributed by atoms with Crippen LogP contribution in [0.3, 0.4) is 0 Å². The largest absolute Gasteiger partial charge is 0.368 e. The maximum atomic E-state index is 14.0. The van der Waals surface area contributed by atoms with Gasteiger partial charge in [0.25, 0.3) is 15.9 Å². The van der Waals surface area contributed by atoms with Crippen LogP contribution in [0.4, 0.5) is 11.4 Å². The van der Waals surface area contributed by atoms with E-state index in [0.29, 0.717) is 24.3 Å². The molecule has 1 amide bonds. The molecule has 0 N–H and O–H groups in total. The van der Waals surface area contributed by atoms with Crippen molar-refractivity contribution in [2.45, 2.75) is 11.4 Å². The summed E-state index contributed by atoms with van der Waals surface area (Å²) in [6, 6.07) is 39.6. The Bertz CT molecular complexity index is 1750. The van der Waals surface area contributed by atoms with Crippen molar-refractivity contribution in [3.05, 3.63) is 139 Å². The van der Waals surface area contributed by atoms with Crippen LogP contribution in [0.15, 0.2) is 132 Å². The number of amides is 1. The van der Waals surface area contributed by atoms with E-state index in [9.17, 15) is 13.2 Å². The molecule has 0 saturated carbocycles. The molecule has 6 rings (SSSR count). The summed E-state index contributed by atoms with van der Waals surface area (Å²) in [7, 11) is -3.90. The maximum absolute atomic E-state index is 14.0. The van der Waals surface area contributed by atoms with Crippen LogP contribution in [-0.2, 0) is 16.6 Å². The Morgan fingerprint density at radius 3 is 1.95 bits per heavy atom. The second-order valence-electron chi connectivity index (χ2n) is 10.2. The van der Waals surface area contributed by atoms with Crippen molar-refractivity contribution in [3.8, 4) is 0 Å². The highest BCUT2D eigenvalue weighted by Gasteiger charge is 2.27. The maximum Gasteiger partial charge on any atom is 0.264 e. The Balaban J connectivity index is 1.25. The number of benzene rings is 5. The van der Waals surface area contributed by atoms with Crippen molar-refractivity contribution in [1.29, 1.82) is 0 Å². The predicted octanol–water partition coefficient (Wildman–Crippen LogP) is 6.20. The fraction of sp³-hybridized carbons (Fsp3) is 0.147. The Labute approximate surface area is 241 Å². The number of para-hydroxylation sites is 1. The standard InChI is InChI=1S/C34H31N3O3S/c38-34(36-23-21-35(22-24-36)31-13-5-2-6-14-31)29-15-18-32(19-16-29)37(26-27-9-3-1-4-10-27)41(39,40)33-20-17-28-11-7-8-12-30(28)25-33/h1-20,25H,21-24,26H2. The van der Waals surface area contributed by atoms with E-state index in [1.54, 1.807) is 36.4 Å². The molecule has 1 fully saturated rings. The molecule has 0 unspecified atom stereocenters. The number of anilines is 2. The molecule has 1 heterocycles. The fourth-order valence-corrected chi connectivity index (χ4v) is 6.77. The molecule has 5 aromatic rings. The minimum absolute atomic E-state index is 0.0451. The third-order valence-corrected chi connectivity index (χ3v) is 9.34. The van der Waals surface area contributed by atoms with Gasteiger partial charge in [0.15, 0.2) is 0 Å². The third-order valence-electron chi connectivity index (χ3n) is 7.57. The lowest BCUT2D eigenvalue weighted by Gasteiger charge is -2.36. The summed E-state index contributed by atoms with van der Waals surface area (Å²) in [6.45, 7) is 2.97. The van der Waals surface area contributed by atoms with Crippen molar-refractivity contribution in [3.63, 3.8) is 0 Å². The molecule has 0 radical (unpaired) electrons. The van der Waals surface area contributed by atoms with Crippen LogP contribution in [0.2, 0.25) is 0 Å². The van der Waals surface area contributed by atoms with Gasteiger partial charge in [0.1, 0.15) is 0 Å². The smallest absolute Gasteiger partial charge is 0.264 e. The van der Waals surface area contributed by atoms with Gasteiger partial charge in [-0.2, -0.15) is 0 Å². The Morgan fingerprint density at radius 2 is 1.27 bits per heavy atom. The molecule has 0 aliphatic carbocycles. The fourth-order valence-electron chi connectivity index (χ4n) is 5.28. The van der Waals surface area contributed by atoms with Gasteiger partial charge < -0.3 is 9.80 Å². The van der Waals surface area contributed by atoms with Crippen LogP contribution in [0, 0.1) is 0 Å². The number of sulfonamides is 1. The van der Waals surface area contributed by atoms with Crippen LogP contribution in [0.5, 0.6) is 0 Å². The zero-order chi connectivity index (χ0) is 28.2. The number of carbonyl (C=O) groups excluding carboxylic acids is 1. The van der Waals surface area contributed by atoms with Gasteiger partial charge in [-0.3, -0.25) is 9.10 Å². The third kappa shape index (κ3) is 5.67. The molecule has 0 bridgehead atoms. The molecule has 0 atom stereocenters. The molecule has 1 aliphatic rings. The predicted molar refractivity (Wildman–Crippen MR) is 165 cm³/mol. The van der Waals surface area contributed by atoms with E-state index in [1.165, 1.54) is 4.31 Å². The lowest BCUT2D eigenvalue weighted by molar-refractivity contribution is 0.0747. The quantitative estimate of drug-likeness (QED) is 0.238. The summed E-state index contributed by atoms with van der Waals surface area (Å²) in [4.78, 5) is 17.7. The first-order valence-electron chi connectivity index (χ1n) is 13.7. The van der Waals surface area contributed by atoms with Crippen molar-refractivity contribution >= 4 is 38.1 Å². The normalized spacial score (nSPS) is 13.8. The minimum atomic E-state index is -3.90. The SMILES string of the molecule is O=C(c1ccc(N(Cc2ccccc2)S(=O)(=O)c2ccc3ccccc3c2)cc1)N1CCN(c2ccccc2)CC1. The van der Waals surface area contributed by atoms with E-state index in [1.807, 2.05) is 83.8 Å². The van der Waals surface area contributed by atoms with E-state index in [4.69, 9.17) is 0 Å². The lowest BCUT2D eigenvalue weighted by atomic mass is 10.1. The molecule has 1 aliphatic heterocycles. The van der Waals surface area contributed by atoms with Gasteiger partial charge in [0.05, 0.1) is 17.1 Å². The molecule has 0 aromatic heterocycles. The number of hydrogen-bond donors (Lipinski definition) is 0. The van der Waals surface area contributed by atoms with E-state index in [0.717, 1.165) is 35.1 Å². The second-order valence-corrected chi connectivity index (χ2v) is 12.0. The van der Waals surface area contributed by atoms with Gasteiger partial charge in [0.2, 0.25) is 0 Å². The van der Waals surface area contributed by atoms with Crippen molar-refractivity contribution in [2.24, 2.45) is 0 Å². The van der Waals surface area contributed by atoms with Crippen LogP contribution < -0.4 is 9.21 Å². The molecular weight excluding hydrogens is 530 g/mol. The van der Waals surface area contributed by atoms with Crippen molar-refractivity contribution in [1.82, 2.24) is 4.90 Å².